The molecule has 5 nitrogen and oxygen atoms in total. The average molecular weight is 507 g/mol. The van der Waals surface area contributed by atoms with Crippen LogP contribution in [0.3, 0.4) is 0 Å². The van der Waals surface area contributed by atoms with Crippen LogP contribution in [0.25, 0.3) is 21.8 Å². The molecule has 0 aliphatic carbocycles. The maximum atomic E-state index is 11.5. The molecule has 0 aliphatic heterocycles. The molecule has 2 aromatic heterocycles. The van der Waals surface area contributed by atoms with E-state index in [9.17, 15) is 15.3 Å². The second-order valence-electron chi connectivity index (χ2n) is 8.67. The van der Waals surface area contributed by atoms with Crippen LogP contribution in [0.1, 0.15) is 41.9 Å². The van der Waals surface area contributed by atoms with Crippen molar-refractivity contribution in [2.45, 2.75) is 47.5 Å². The van der Waals surface area contributed by atoms with Crippen LogP contribution < -0.4 is 15.3 Å². The fourth-order valence-electron chi connectivity index (χ4n) is 3.99. The number of rotatable bonds is 2. The van der Waals surface area contributed by atoms with Crippen LogP contribution in [0, 0.1) is 20.8 Å². The van der Waals surface area contributed by atoms with Gasteiger partial charge >= 0.3 is 17.4 Å². The fourth-order valence-corrected chi connectivity index (χ4v) is 3.99. The Labute approximate surface area is 229 Å². The van der Waals surface area contributed by atoms with E-state index in [0.29, 0.717) is 11.0 Å². The fraction of sp³-hybridized carbons (Fsp3) is 0.226. The van der Waals surface area contributed by atoms with Crippen molar-refractivity contribution in [3.63, 3.8) is 0 Å². The van der Waals surface area contributed by atoms with E-state index < -0.39 is 0 Å². The third-order valence-corrected chi connectivity index (χ3v) is 5.82. The summed E-state index contributed by atoms with van der Waals surface area (Å²) in [6.45, 7) is 9.98. The number of hydrogen-bond acceptors (Lipinski definition) is 5. The van der Waals surface area contributed by atoms with Gasteiger partial charge in [-0.25, -0.2) is 0 Å². The minimum Gasteiger partial charge on any atom is -0.872 e. The van der Waals surface area contributed by atoms with Gasteiger partial charge in [-0.3, -0.25) is 9.97 Å². The van der Waals surface area contributed by atoms with E-state index in [0.717, 1.165) is 40.6 Å². The van der Waals surface area contributed by atoms with E-state index in [1.807, 2.05) is 57.2 Å². The summed E-state index contributed by atoms with van der Waals surface area (Å²) in [5.74, 6) is 0.109. The Balaban J connectivity index is 0.000000200. The van der Waals surface area contributed by atoms with Crippen LogP contribution in [-0.4, -0.2) is 27.3 Å². The molecule has 0 aliphatic rings. The smallest absolute Gasteiger partial charge is 0.872 e. The van der Waals surface area contributed by atoms with Crippen molar-refractivity contribution in [1.29, 1.82) is 0 Å². The molecule has 0 atom stereocenters. The van der Waals surface area contributed by atoms with Gasteiger partial charge in [0.1, 0.15) is 0 Å². The first-order valence-corrected chi connectivity index (χ1v) is 12.1. The maximum Gasteiger partial charge on any atom is 3.00 e. The number of aryl methyl sites for hydroxylation is 5. The van der Waals surface area contributed by atoms with Gasteiger partial charge in [0, 0.05) is 22.2 Å². The summed E-state index contributed by atoms with van der Waals surface area (Å²) >= 11 is 0. The van der Waals surface area contributed by atoms with Gasteiger partial charge in [-0.05, 0) is 56.9 Å². The topological polar surface area (TPSA) is 95.0 Å². The van der Waals surface area contributed by atoms with Crippen molar-refractivity contribution < 1.29 is 15.3 Å². The van der Waals surface area contributed by atoms with E-state index in [2.05, 4.69) is 23.8 Å². The molecule has 5 rings (SSSR count). The van der Waals surface area contributed by atoms with Crippen molar-refractivity contribution >= 4 is 39.2 Å². The second-order valence-corrected chi connectivity index (χ2v) is 8.67. The summed E-state index contributed by atoms with van der Waals surface area (Å²) < 4.78 is 0. The minimum absolute atomic E-state index is 0. The Kier molecular flexibility index (Phi) is 10.9. The first kappa shape index (κ1) is 29.6. The predicted molar refractivity (Wildman–Crippen MR) is 147 cm³/mol. The van der Waals surface area contributed by atoms with Crippen molar-refractivity contribution in [3.05, 3.63) is 101 Å². The van der Waals surface area contributed by atoms with E-state index in [-0.39, 0.29) is 34.6 Å². The van der Waals surface area contributed by atoms with Gasteiger partial charge < -0.3 is 15.3 Å². The standard InChI is InChI=1S/2C12H13NO.C7H8O.Al/c2*1-3-9-7-8(2)13-12-10(9)5-4-6-11(12)14;1-6-2-4-7(8)5-3-6;/h2*4-7,14H,3H2,1-2H3;2-5,8H,1H3;/q;;;+3/p-3. The van der Waals surface area contributed by atoms with Gasteiger partial charge in [-0.1, -0.05) is 91.6 Å². The number of aromatic nitrogens is 2. The third kappa shape index (κ3) is 7.70. The molecule has 6 heteroatoms. The van der Waals surface area contributed by atoms with Gasteiger partial charge in [0.2, 0.25) is 0 Å². The van der Waals surface area contributed by atoms with Crippen LogP contribution >= 0.6 is 0 Å². The molecule has 0 saturated carbocycles. The number of fused-ring (bicyclic) bond motifs is 2. The number of pyridine rings is 2. The molecule has 0 radical (unpaired) electrons. The molecular weight excluding hydrogens is 475 g/mol. The van der Waals surface area contributed by atoms with E-state index in [4.69, 9.17) is 0 Å². The molecule has 0 unspecified atom stereocenters. The Bertz CT molecular complexity index is 1360. The molecule has 0 fully saturated rings. The predicted octanol–water partition coefficient (Wildman–Crippen LogP) is 5.05. The Morgan fingerprint density at radius 2 is 1.00 bits per heavy atom. The number of benzene rings is 3. The first-order chi connectivity index (χ1) is 17.2. The van der Waals surface area contributed by atoms with Crippen molar-refractivity contribution in [2.75, 3.05) is 0 Å². The quantitative estimate of drug-likeness (QED) is 0.313. The summed E-state index contributed by atoms with van der Waals surface area (Å²) in [5.41, 5.74) is 6.56. The summed E-state index contributed by atoms with van der Waals surface area (Å²) in [6.07, 6.45) is 1.87. The molecule has 37 heavy (non-hydrogen) atoms. The molecule has 0 saturated heterocycles. The molecule has 0 N–H and O–H groups in total. The molecule has 186 valence electrons. The van der Waals surface area contributed by atoms with Gasteiger partial charge in [-0.15, -0.1) is 5.75 Å². The molecule has 0 amide bonds. The zero-order chi connectivity index (χ0) is 26.2. The van der Waals surface area contributed by atoms with Crippen LogP contribution in [-0.2, 0) is 12.8 Å². The molecular formula is C31H31AlN2O3. The SMILES string of the molecule is CCc1cc(C)nc2c([O-])cccc12.CCc1cc(C)nc2c([O-])cccc12.Cc1ccc([O-])cc1.[Al+3]. The summed E-state index contributed by atoms with van der Waals surface area (Å²) in [6, 6.07) is 21.5. The molecule has 2 heterocycles. The van der Waals surface area contributed by atoms with Crippen molar-refractivity contribution in [1.82, 2.24) is 9.97 Å². The minimum atomic E-state index is 0. The van der Waals surface area contributed by atoms with Crippen LogP contribution in [0.4, 0.5) is 0 Å². The van der Waals surface area contributed by atoms with Gasteiger partial charge in [0.25, 0.3) is 0 Å². The Hall–Kier alpha value is -3.59. The van der Waals surface area contributed by atoms with E-state index in [1.54, 1.807) is 36.4 Å². The Morgan fingerprint density at radius 1 is 0.595 bits per heavy atom. The monoisotopic (exact) mass is 506 g/mol. The summed E-state index contributed by atoms with van der Waals surface area (Å²) in [5, 5.41) is 35.5. The van der Waals surface area contributed by atoms with Crippen molar-refractivity contribution in [2.24, 2.45) is 0 Å². The van der Waals surface area contributed by atoms with Crippen LogP contribution in [0.2, 0.25) is 0 Å². The Morgan fingerprint density at radius 3 is 1.35 bits per heavy atom. The first-order valence-electron chi connectivity index (χ1n) is 12.1. The second kappa shape index (κ2) is 13.6. The van der Waals surface area contributed by atoms with Crippen molar-refractivity contribution in [3.8, 4) is 17.2 Å². The van der Waals surface area contributed by atoms with Crippen LogP contribution in [0.15, 0.2) is 72.8 Å². The zero-order valence-corrected chi connectivity index (χ0v) is 23.2. The van der Waals surface area contributed by atoms with E-state index >= 15 is 0 Å². The third-order valence-electron chi connectivity index (χ3n) is 5.82. The maximum absolute atomic E-state index is 11.5. The van der Waals surface area contributed by atoms with Crippen LogP contribution in [0.5, 0.6) is 17.2 Å². The summed E-state index contributed by atoms with van der Waals surface area (Å²) in [4.78, 5) is 8.54. The number of hydrogen-bond donors (Lipinski definition) is 0. The van der Waals surface area contributed by atoms with E-state index in [1.165, 1.54) is 11.1 Å². The molecule has 0 spiro atoms. The largest absolute Gasteiger partial charge is 3.00 e. The molecule has 3 aromatic carbocycles. The number of nitrogens with zero attached hydrogens (tertiary/aromatic N) is 2. The average Bonchev–Trinajstić information content (AvgIpc) is 2.87. The van der Waals surface area contributed by atoms with Gasteiger partial charge in [-0.2, -0.15) is 0 Å². The molecule has 5 aromatic rings. The van der Waals surface area contributed by atoms with Gasteiger partial charge in [0.05, 0.1) is 11.0 Å². The summed E-state index contributed by atoms with van der Waals surface area (Å²) in [7, 11) is 0. The molecule has 0 bridgehead atoms. The number of para-hydroxylation sites is 2. The normalized spacial score (nSPS) is 10.1. The van der Waals surface area contributed by atoms with Gasteiger partial charge in [0.15, 0.2) is 0 Å². The zero-order valence-electron chi connectivity index (χ0n) is 22.0.